The molecular formula is C26H38ClF3Si. The third kappa shape index (κ3) is 7.12. The Morgan fingerprint density at radius 1 is 0.968 bits per heavy atom. The van der Waals surface area contributed by atoms with Crippen molar-refractivity contribution in [2.24, 2.45) is 11.8 Å². The van der Waals surface area contributed by atoms with Crippen LogP contribution in [0.5, 0.6) is 0 Å². The molecule has 1 aliphatic heterocycles. The van der Waals surface area contributed by atoms with Crippen molar-refractivity contribution in [3.05, 3.63) is 40.4 Å². The fraction of sp³-hybridized carbons (Fsp3) is 0.692. The lowest BCUT2D eigenvalue weighted by Gasteiger charge is -2.37. The van der Waals surface area contributed by atoms with E-state index in [1.807, 2.05) is 0 Å². The summed E-state index contributed by atoms with van der Waals surface area (Å²) in [5.41, 5.74) is 1.58. The average Bonchev–Trinajstić information content (AvgIpc) is 2.78. The first-order valence-electron chi connectivity index (χ1n) is 12.5. The van der Waals surface area contributed by atoms with E-state index in [2.05, 4.69) is 6.92 Å². The molecule has 1 aliphatic carbocycles. The van der Waals surface area contributed by atoms with E-state index in [9.17, 15) is 13.2 Å². The first kappa shape index (κ1) is 24.9. The van der Waals surface area contributed by atoms with Crippen LogP contribution in [0.1, 0.15) is 88.7 Å². The molecule has 0 unspecified atom stereocenters. The molecule has 0 aromatic heterocycles. The lowest BCUT2D eigenvalue weighted by atomic mass is 9.85. The molecule has 174 valence electrons. The number of hydrogen-bond donors (Lipinski definition) is 0. The van der Waals surface area contributed by atoms with E-state index in [1.165, 1.54) is 88.4 Å². The Hall–Kier alpha value is -0.743. The van der Waals surface area contributed by atoms with Crippen LogP contribution in [0.3, 0.4) is 0 Å². The van der Waals surface area contributed by atoms with Gasteiger partial charge in [-0.15, -0.1) is 0 Å². The van der Waals surface area contributed by atoms with E-state index in [4.69, 9.17) is 11.6 Å². The van der Waals surface area contributed by atoms with Crippen LogP contribution in [0.25, 0.3) is 5.83 Å². The molecule has 1 saturated carbocycles. The predicted octanol–water partition coefficient (Wildman–Crippen LogP) is 9.18. The van der Waals surface area contributed by atoms with Crippen LogP contribution in [0.15, 0.2) is 17.7 Å². The van der Waals surface area contributed by atoms with Gasteiger partial charge in [-0.05, 0) is 47.9 Å². The van der Waals surface area contributed by atoms with Gasteiger partial charge in [0, 0.05) is 14.3 Å². The SMILES string of the molecule is CCCCC[C@H]1CC[C@H]([Si@H]2CC[C@H](CCc3cc(F)c(C(F)=CCl)c(F)c3)CC2)CC1. The number of aryl methyl sites for hydroxylation is 1. The van der Waals surface area contributed by atoms with Gasteiger partial charge < -0.3 is 0 Å². The molecule has 1 heterocycles. The second-order valence-corrected chi connectivity index (χ2v) is 13.8. The van der Waals surface area contributed by atoms with Crippen LogP contribution >= 0.6 is 11.6 Å². The zero-order chi connectivity index (χ0) is 22.2. The van der Waals surface area contributed by atoms with Crippen molar-refractivity contribution in [3.63, 3.8) is 0 Å². The molecule has 31 heavy (non-hydrogen) atoms. The highest BCUT2D eigenvalue weighted by atomic mass is 35.5. The van der Waals surface area contributed by atoms with Gasteiger partial charge in [-0.1, -0.05) is 94.8 Å². The Morgan fingerprint density at radius 2 is 1.58 bits per heavy atom. The molecule has 3 rings (SSSR count). The first-order chi connectivity index (χ1) is 15.0. The van der Waals surface area contributed by atoms with E-state index < -0.39 is 31.8 Å². The Kier molecular flexibility index (Phi) is 10.0. The number of unbranched alkanes of at least 4 members (excludes halogenated alkanes) is 2. The van der Waals surface area contributed by atoms with Crippen LogP contribution < -0.4 is 0 Å². The van der Waals surface area contributed by atoms with E-state index in [0.29, 0.717) is 23.4 Å². The molecule has 0 nitrogen and oxygen atoms in total. The second-order valence-electron chi connectivity index (χ2n) is 9.99. The molecule has 0 atom stereocenters. The van der Waals surface area contributed by atoms with Crippen LogP contribution in [-0.4, -0.2) is 8.80 Å². The maximum absolute atomic E-state index is 14.1. The Labute approximate surface area is 193 Å². The zero-order valence-corrected chi connectivity index (χ0v) is 20.9. The lowest BCUT2D eigenvalue weighted by molar-refractivity contribution is 0.323. The highest BCUT2D eigenvalue weighted by Gasteiger charge is 2.31. The molecule has 1 saturated heterocycles. The van der Waals surface area contributed by atoms with Gasteiger partial charge in [-0.25, -0.2) is 13.2 Å². The summed E-state index contributed by atoms with van der Waals surface area (Å²) in [5, 5.41) is 0. The summed E-state index contributed by atoms with van der Waals surface area (Å²) in [6, 6.07) is 5.42. The quantitative estimate of drug-likeness (QED) is 0.249. The summed E-state index contributed by atoms with van der Waals surface area (Å²) in [6.45, 7) is 2.28. The van der Waals surface area contributed by atoms with Gasteiger partial charge in [0.15, 0.2) is 0 Å². The van der Waals surface area contributed by atoms with Gasteiger partial charge in [0.1, 0.15) is 17.5 Å². The van der Waals surface area contributed by atoms with Crippen LogP contribution in [0, 0.1) is 23.5 Å². The van der Waals surface area contributed by atoms with Gasteiger partial charge in [-0.2, -0.15) is 0 Å². The van der Waals surface area contributed by atoms with Crippen molar-refractivity contribution in [1.82, 2.24) is 0 Å². The largest absolute Gasteiger partial charge is 0.206 e. The third-order valence-electron chi connectivity index (χ3n) is 7.94. The van der Waals surface area contributed by atoms with Crippen molar-refractivity contribution in [2.75, 3.05) is 0 Å². The molecule has 0 amide bonds. The molecule has 0 radical (unpaired) electrons. The summed E-state index contributed by atoms with van der Waals surface area (Å²) in [5.74, 6) is -1.15. The molecule has 2 aliphatic rings. The molecule has 5 heteroatoms. The van der Waals surface area contributed by atoms with Gasteiger partial charge in [0.2, 0.25) is 0 Å². The fourth-order valence-corrected chi connectivity index (χ4v) is 10.5. The van der Waals surface area contributed by atoms with Gasteiger partial charge in [0.05, 0.1) is 5.56 Å². The third-order valence-corrected chi connectivity index (χ3v) is 12.3. The number of hydrogen-bond acceptors (Lipinski definition) is 0. The summed E-state index contributed by atoms with van der Waals surface area (Å²) in [6.07, 6.45) is 15.7. The Morgan fingerprint density at radius 3 is 2.16 bits per heavy atom. The Balaban J connectivity index is 1.40. The molecule has 0 spiro atoms. The highest BCUT2D eigenvalue weighted by Crippen LogP contribution is 2.42. The van der Waals surface area contributed by atoms with E-state index in [0.717, 1.165) is 17.9 Å². The normalized spacial score (nSPS) is 27.5. The van der Waals surface area contributed by atoms with E-state index in [-0.39, 0.29) is 0 Å². The molecule has 2 fully saturated rings. The Bertz CT molecular complexity index is 696. The topological polar surface area (TPSA) is 0 Å². The summed E-state index contributed by atoms with van der Waals surface area (Å²) in [4.78, 5) is 0. The predicted molar refractivity (Wildman–Crippen MR) is 129 cm³/mol. The molecule has 0 bridgehead atoms. The van der Waals surface area contributed by atoms with Crippen molar-refractivity contribution in [2.45, 2.75) is 102 Å². The smallest absolute Gasteiger partial charge is 0.147 e. The van der Waals surface area contributed by atoms with Crippen molar-refractivity contribution < 1.29 is 13.2 Å². The summed E-state index contributed by atoms with van der Waals surface area (Å²) >= 11 is 5.27. The van der Waals surface area contributed by atoms with Gasteiger partial charge in [-0.3, -0.25) is 0 Å². The van der Waals surface area contributed by atoms with Crippen molar-refractivity contribution >= 4 is 26.2 Å². The number of benzene rings is 1. The minimum Gasteiger partial charge on any atom is -0.206 e. The van der Waals surface area contributed by atoms with Crippen LogP contribution in [-0.2, 0) is 6.42 Å². The summed E-state index contributed by atoms with van der Waals surface area (Å²) in [7, 11) is -0.624. The molecule has 1 aromatic carbocycles. The van der Waals surface area contributed by atoms with E-state index >= 15 is 0 Å². The second kappa shape index (κ2) is 12.5. The lowest BCUT2D eigenvalue weighted by Crippen LogP contribution is -2.29. The standard InChI is InChI=1S/C26H38ClF3Si/c1-2-3-4-5-19-8-10-22(11-9-19)31-14-12-20(13-15-31)6-7-21-16-23(28)26(24(29)17-21)25(30)18-27/h16-20,22,31H,2-15H2,1H3/t19-,20-,22-,31-. The number of rotatable bonds is 9. The monoisotopic (exact) mass is 470 g/mol. The molecular weight excluding hydrogens is 433 g/mol. The zero-order valence-electron chi connectivity index (χ0n) is 19.0. The minimum atomic E-state index is -1.07. The molecule has 1 aromatic rings. The average molecular weight is 471 g/mol. The maximum Gasteiger partial charge on any atom is 0.147 e. The molecule has 0 N–H and O–H groups in total. The van der Waals surface area contributed by atoms with Crippen molar-refractivity contribution in [3.8, 4) is 0 Å². The van der Waals surface area contributed by atoms with Crippen molar-refractivity contribution in [1.29, 1.82) is 0 Å². The minimum absolute atomic E-state index is 0.572. The van der Waals surface area contributed by atoms with Gasteiger partial charge in [0.25, 0.3) is 0 Å². The highest BCUT2D eigenvalue weighted by molar-refractivity contribution is 6.60. The van der Waals surface area contributed by atoms with Gasteiger partial charge >= 0.3 is 0 Å². The fourth-order valence-electron chi connectivity index (χ4n) is 6.00. The maximum atomic E-state index is 14.1. The van der Waals surface area contributed by atoms with E-state index in [1.54, 1.807) is 0 Å². The summed E-state index contributed by atoms with van der Waals surface area (Å²) < 4.78 is 41.8. The van der Waals surface area contributed by atoms with Crippen LogP contribution in [0.4, 0.5) is 13.2 Å². The number of halogens is 4. The first-order valence-corrected chi connectivity index (χ1v) is 15.2. The van der Waals surface area contributed by atoms with Crippen LogP contribution in [0.2, 0.25) is 17.6 Å².